The number of hydrogen-bond donors (Lipinski definition) is 0. The van der Waals surface area contributed by atoms with E-state index in [-0.39, 0.29) is 27.6 Å². The van der Waals surface area contributed by atoms with Gasteiger partial charge in [0.25, 0.3) is 0 Å². The van der Waals surface area contributed by atoms with Crippen LogP contribution in [-0.2, 0) is 9.53 Å². The molecule has 0 radical (unpaired) electrons. The number of ether oxygens (including phenoxy) is 1. The van der Waals surface area contributed by atoms with E-state index in [0.717, 1.165) is 44.9 Å². The van der Waals surface area contributed by atoms with Crippen LogP contribution >= 0.6 is 0 Å². The molecule has 0 fully saturated rings. The molecule has 0 aliphatic carbocycles. The normalized spacial score (nSPS) is 18.7. The van der Waals surface area contributed by atoms with Gasteiger partial charge in [-0.15, -0.1) is 0 Å². The summed E-state index contributed by atoms with van der Waals surface area (Å²) in [6.07, 6.45) is 10.9. The van der Waals surface area contributed by atoms with Gasteiger partial charge in [0.15, 0.2) is 0 Å². The van der Waals surface area contributed by atoms with Crippen molar-refractivity contribution in [3.63, 3.8) is 0 Å². The SMILES string of the molecule is CCCCOC(=O)C(C)(CC(C)(CC)C(C)(CC)C(CC(C)(C)CC)c1ccncc1)C(C)(C)C. The zero-order chi connectivity index (χ0) is 27.1. The molecular formula is C32H57NO2. The van der Waals surface area contributed by atoms with Gasteiger partial charge in [-0.1, -0.05) is 95.4 Å². The first-order valence-electron chi connectivity index (χ1n) is 14.1. The molecule has 1 aromatic heterocycles. The van der Waals surface area contributed by atoms with Crippen LogP contribution in [0.25, 0.3) is 0 Å². The third-order valence-corrected chi connectivity index (χ3v) is 10.1. The molecule has 0 spiro atoms. The van der Waals surface area contributed by atoms with Gasteiger partial charge in [-0.05, 0) is 77.9 Å². The molecule has 3 heteroatoms. The van der Waals surface area contributed by atoms with Gasteiger partial charge in [-0.2, -0.15) is 0 Å². The Bertz CT molecular complexity index is 781. The lowest BCUT2D eigenvalue weighted by Crippen LogP contribution is -2.51. The van der Waals surface area contributed by atoms with Crippen LogP contribution in [0.5, 0.6) is 0 Å². The summed E-state index contributed by atoms with van der Waals surface area (Å²) in [4.78, 5) is 18.0. The highest BCUT2D eigenvalue weighted by Gasteiger charge is 2.56. The molecule has 35 heavy (non-hydrogen) atoms. The number of nitrogens with zero attached hydrogens (tertiary/aromatic N) is 1. The average molecular weight is 488 g/mol. The van der Waals surface area contributed by atoms with E-state index < -0.39 is 5.41 Å². The van der Waals surface area contributed by atoms with Crippen LogP contribution in [0.2, 0.25) is 0 Å². The Balaban J connectivity index is 3.65. The molecule has 0 aliphatic heterocycles. The van der Waals surface area contributed by atoms with Gasteiger partial charge >= 0.3 is 5.97 Å². The number of hydrogen-bond acceptors (Lipinski definition) is 3. The Kier molecular flexibility index (Phi) is 11.1. The Morgan fingerprint density at radius 2 is 1.46 bits per heavy atom. The highest BCUT2D eigenvalue weighted by Crippen LogP contribution is 2.62. The number of aromatic nitrogens is 1. The molecule has 1 rings (SSSR count). The minimum absolute atomic E-state index is 0.00818. The Morgan fingerprint density at radius 3 is 1.89 bits per heavy atom. The summed E-state index contributed by atoms with van der Waals surface area (Å²) < 4.78 is 5.91. The minimum atomic E-state index is -0.578. The molecule has 0 aliphatic rings. The van der Waals surface area contributed by atoms with E-state index in [0.29, 0.717) is 12.5 Å². The van der Waals surface area contributed by atoms with Crippen molar-refractivity contribution in [1.82, 2.24) is 4.98 Å². The zero-order valence-corrected chi connectivity index (χ0v) is 25.3. The number of esters is 1. The first kappa shape index (κ1) is 31.6. The molecule has 0 saturated carbocycles. The highest BCUT2D eigenvalue weighted by atomic mass is 16.5. The van der Waals surface area contributed by atoms with Gasteiger partial charge in [0.2, 0.25) is 0 Å². The summed E-state index contributed by atoms with van der Waals surface area (Å²) in [5.74, 6) is 0.335. The topological polar surface area (TPSA) is 39.2 Å². The first-order chi connectivity index (χ1) is 16.1. The van der Waals surface area contributed by atoms with Crippen LogP contribution in [0, 0.1) is 27.1 Å². The van der Waals surface area contributed by atoms with Crippen molar-refractivity contribution in [2.75, 3.05) is 6.61 Å². The summed E-state index contributed by atoms with van der Waals surface area (Å²) in [5.41, 5.74) is 0.734. The summed E-state index contributed by atoms with van der Waals surface area (Å²) in [6, 6.07) is 4.42. The van der Waals surface area contributed by atoms with Crippen molar-refractivity contribution in [2.24, 2.45) is 27.1 Å². The molecule has 4 atom stereocenters. The van der Waals surface area contributed by atoms with E-state index in [4.69, 9.17) is 4.74 Å². The van der Waals surface area contributed by atoms with Crippen LogP contribution in [0.1, 0.15) is 140 Å². The van der Waals surface area contributed by atoms with Gasteiger partial charge in [0, 0.05) is 12.4 Å². The predicted molar refractivity (Wildman–Crippen MR) is 151 cm³/mol. The lowest BCUT2D eigenvalue weighted by atomic mass is 9.48. The maximum absolute atomic E-state index is 13.7. The molecule has 0 N–H and O–H groups in total. The molecule has 202 valence electrons. The Morgan fingerprint density at radius 1 is 0.886 bits per heavy atom. The molecule has 0 aromatic carbocycles. The molecule has 3 nitrogen and oxygen atoms in total. The number of carbonyl (C=O) groups excluding carboxylic acids is 1. The van der Waals surface area contributed by atoms with Gasteiger partial charge in [-0.25, -0.2) is 0 Å². The van der Waals surface area contributed by atoms with E-state index in [1.54, 1.807) is 0 Å². The van der Waals surface area contributed by atoms with Gasteiger partial charge in [0.1, 0.15) is 0 Å². The second kappa shape index (κ2) is 12.2. The van der Waals surface area contributed by atoms with Crippen LogP contribution in [-0.4, -0.2) is 17.6 Å². The number of pyridine rings is 1. The van der Waals surface area contributed by atoms with Crippen molar-refractivity contribution in [1.29, 1.82) is 0 Å². The van der Waals surface area contributed by atoms with Crippen LogP contribution < -0.4 is 0 Å². The number of unbranched alkanes of at least 4 members (excludes halogenated alkanes) is 1. The van der Waals surface area contributed by atoms with Crippen molar-refractivity contribution in [2.45, 2.75) is 134 Å². The van der Waals surface area contributed by atoms with Crippen molar-refractivity contribution < 1.29 is 9.53 Å². The van der Waals surface area contributed by atoms with E-state index >= 15 is 0 Å². The number of carbonyl (C=O) groups is 1. The fourth-order valence-electron chi connectivity index (χ4n) is 5.72. The lowest BCUT2D eigenvalue weighted by Gasteiger charge is -2.56. The van der Waals surface area contributed by atoms with Crippen LogP contribution in [0.3, 0.4) is 0 Å². The van der Waals surface area contributed by atoms with Crippen molar-refractivity contribution in [3.8, 4) is 0 Å². The summed E-state index contributed by atoms with van der Waals surface area (Å²) in [5, 5.41) is 0. The molecular weight excluding hydrogens is 430 g/mol. The monoisotopic (exact) mass is 487 g/mol. The Hall–Kier alpha value is -1.38. The first-order valence-corrected chi connectivity index (χ1v) is 14.1. The minimum Gasteiger partial charge on any atom is -0.465 e. The largest absolute Gasteiger partial charge is 0.465 e. The summed E-state index contributed by atoms with van der Waals surface area (Å²) in [6.45, 7) is 28.1. The molecule has 4 unspecified atom stereocenters. The average Bonchev–Trinajstić information content (AvgIpc) is 2.81. The highest BCUT2D eigenvalue weighted by molar-refractivity contribution is 5.77. The molecule has 0 saturated heterocycles. The maximum Gasteiger partial charge on any atom is 0.312 e. The fraction of sp³-hybridized carbons (Fsp3) is 0.812. The Labute approximate surface area is 218 Å². The van der Waals surface area contributed by atoms with Crippen LogP contribution in [0.4, 0.5) is 0 Å². The van der Waals surface area contributed by atoms with Gasteiger partial charge in [-0.3, -0.25) is 9.78 Å². The molecule has 0 bridgehead atoms. The molecule has 1 aromatic rings. The summed E-state index contributed by atoms with van der Waals surface area (Å²) in [7, 11) is 0. The quantitative estimate of drug-likeness (QED) is 0.194. The third kappa shape index (κ3) is 7.10. The van der Waals surface area contributed by atoms with E-state index in [2.05, 4.69) is 100 Å². The third-order valence-electron chi connectivity index (χ3n) is 10.1. The van der Waals surface area contributed by atoms with Crippen molar-refractivity contribution >= 4 is 5.97 Å². The second-order valence-electron chi connectivity index (χ2n) is 13.5. The van der Waals surface area contributed by atoms with E-state index in [9.17, 15) is 4.79 Å². The standard InChI is InChI=1S/C32H57NO2/c1-13-17-22-35-27(34)32(12,28(5,6)7)24-30(10,15-3)31(11,16-4)26(23-29(8,9)14-2)25-18-20-33-21-19-25/h18-21,26H,13-17,22-24H2,1-12H3. The summed E-state index contributed by atoms with van der Waals surface area (Å²) >= 11 is 0. The van der Waals surface area contributed by atoms with Gasteiger partial charge < -0.3 is 4.74 Å². The predicted octanol–water partition coefficient (Wildman–Crippen LogP) is 9.61. The smallest absolute Gasteiger partial charge is 0.312 e. The van der Waals surface area contributed by atoms with E-state index in [1.807, 2.05) is 12.4 Å². The molecule has 1 heterocycles. The van der Waals surface area contributed by atoms with Gasteiger partial charge in [0.05, 0.1) is 12.0 Å². The molecule has 0 amide bonds. The van der Waals surface area contributed by atoms with E-state index in [1.165, 1.54) is 5.56 Å². The zero-order valence-electron chi connectivity index (χ0n) is 25.3. The van der Waals surface area contributed by atoms with Crippen molar-refractivity contribution in [3.05, 3.63) is 30.1 Å². The van der Waals surface area contributed by atoms with Crippen LogP contribution in [0.15, 0.2) is 24.5 Å². The fourth-order valence-corrected chi connectivity index (χ4v) is 5.72. The lowest BCUT2D eigenvalue weighted by molar-refractivity contribution is -0.168. The maximum atomic E-state index is 13.7. The number of rotatable bonds is 14. The second-order valence-corrected chi connectivity index (χ2v) is 13.5.